The van der Waals surface area contributed by atoms with Crippen LogP contribution in [-0.4, -0.2) is 48.5 Å². The molecule has 9 heteroatoms. The van der Waals surface area contributed by atoms with Crippen LogP contribution in [0.4, 0.5) is 26.0 Å². The van der Waals surface area contributed by atoms with Gasteiger partial charge >= 0.3 is 0 Å². The summed E-state index contributed by atoms with van der Waals surface area (Å²) in [6, 6.07) is 7.82. The van der Waals surface area contributed by atoms with Crippen molar-refractivity contribution in [2.45, 2.75) is 6.92 Å². The smallest absolute Gasteiger partial charge is 0.284 e. The third-order valence-electron chi connectivity index (χ3n) is 4.48. The molecule has 1 amide bonds. The molecule has 0 bridgehead atoms. The van der Waals surface area contributed by atoms with E-state index in [1.54, 1.807) is 50.2 Å². The SMILES string of the molecule is COc1cc2ncnc(Nc3ccc(F)c(C)c3)c2cc1NC(=O)/C(F)=C\CN(C)C. The molecule has 0 aliphatic rings. The van der Waals surface area contributed by atoms with Crippen LogP contribution in [0.5, 0.6) is 5.75 Å². The molecule has 1 aromatic heterocycles. The maximum Gasteiger partial charge on any atom is 0.284 e. The van der Waals surface area contributed by atoms with Crippen molar-refractivity contribution in [2.75, 3.05) is 38.4 Å². The van der Waals surface area contributed by atoms with Crippen LogP contribution in [0.1, 0.15) is 5.56 Å². The quantitative estimate of drug-likeness (QED) is 0.551. The normalized spacial score (nSPS) is 11.6. The first-order valence-electron chi connectivity index (χ1n) is 9.46. The van der Waals surface area contributed by atoms with Gasteiger partial charge in [-0.05, 0) is 56.9 Å². The maximum atomic E-state index is 14.1. The predicted molar refractivity (Wildman–Crippen MR) is 117 cm³/mol. The second-order valence-corrected chi connectivity index (χ2v) is 7.15. The Labute approximate surface area is 178 Å². The minimum atomic E-state index is -0.903. The fraction of sp³-hybridized carbons (Fsp3) is 0.227. The fourth-order valence-electron chi connectivity index (χ4n) is 2.85. The van der Waals surface area contributed by atoms with Gasteiger partial charge in [-0.1, -0.05) is 0 Å². The van der Waals surface area contributed by atoms with Crippen molar-refractivity contribution in [2.24, 2.45) is 0 Å². The lowest BCUT2D eigenvalue weighted by molar-refractivity contribution is -0.114. The number of aryl methyl sites for hydroxylation is 1. The largest absolute Gasteiger partial charge is 0.494 e. The van der Waals surface area contributed by atoms with Gasteiger partial charge in [0.1, 0.15) is 23.7 Å². The lowest BCUT2D eigenvalue weighted by Gasteiger charge is -2.14. The molecule has 7 nitrogen and oxygen atoms in total. The zero-order valence-electron chi connectivity index (χ0n) is 17.7. The van der Waals surface area contributed by atoms with Crippen molar-refractivity contribution >= 4 is 34.0 Å². The maximum absolute atomic E-state index is 14.1. The molecule has 2 N–H and O–H groups in total. The van der Waals surface area contributed by atoms with Gasteiger partial charge < -0.3 is 20.3 Å². The molecule has 0 saturated heterocycles. The van der Waals surface area contributed by atoms with Crippen LogP contribution in [0.25, 0.3) is 10.9 Å². The van der Waals surface area contributed by atoms with Gasteiger partial charge in [0.15, 0.2) is 5.83 Å². The fourth-order valence-corrected chi connectivity index (χ4v) is 2.85. The molecule has 0 aliphatic carbocycles. The van der Waals surface area contributed by atoms with Crippen molar-refractivity contribution in [3.63, 3.8) is 0 Å². The Morgan fingerprint density at radius 2 is 2.00 bits per heavy atom. The number of anilines is 3. The van der Waals surface area contributed by atoms with Crippen molar-refractivity contribution in [1.29, 1.82) is 0 Å². The molecule has 0 unspecified atom stereocenters. The first kappa shape index (κ1) is 22.1. The highest BCUT2D eigenvalue weighted by molar-refractivity contribution is 6.05. The number of hydrogen-bond acceptors (Lipinski definition) is 6. The van der Waals surface area contributed by atoms with Crippen molar-refractivity contribution < 1.29 is 18.3 Å². The topological polar surface area (TPSA) is 79.4 Å². The highest BCUT2D eigenvalue weighted by Gasteiger charge is 2.15. The van der Waals surface area contributed by atoms with Crippen LogP contribution in [-0.2, 0) is 4.79 Å². The Bertz CT molecular complexity index is 1150. The summed E-state index contributed by atoms with van der Waals surface area (Å²) in [6.07, 6.45) is 2.57. The molecule has 2 aromatic carbocycles. The number of ether oxygens (including phenoxy) is 1. The van der Waals surface area contributed by atoms with Gasteiger partial charge in [-0.3, -0.25) is 4.79 Å². The zero-order chi connectivity index (χ0) is 22.5. The predicted octanol–water partition coefficient (Wildman–Crippen LogP) is 4.18. The van der Waals surface area contributed by atoms with Crippen molar-refractivity contribution in [3.8, 4) is 5.75 Å². The van der Waals surface area contributed by atoms with Gasteiger partial charge in [0.05, 0.1) is 18.3 Å². The van der Waals surface area contributed by atoms with Crippen LogP contribution in [0.15, 0.2) is 48.6 Å². The van der Waals surface area contributed by atoms with E-state index in [-0.39, 0.29) is 18.0 Å². The van der Waals surface area contributed by atoms with Crippen LogP contribution in [0, 0.1) is 12.7 Å². The average Bonchev–Trinajstić information content (AvgIpc) is 2.74. The van der Waals surface area contributed by atoms with E-state index < -0.39 is 11.7 Å². The summed E-state index contributed by atoms with van der Waals surface area (Å²) in [5.74, 6) is -1.33. The first-order valence-corrected chi connectivity index (χ1v) is 9.46. The molecule has 0 atom stereocenters. The monoisotopic (exact) mass is 427 g/mol. The van der Waals surface area contributed by atoms with Crippen LogP contribution in [0.2, 0.25) is 0 Å². The second-order valence-electron chi connectivity index (χ2n) is 7.15. The number of halogens is 2. The molecule has 0 aliphatic heterocycles. The molecular weight excluding hydrogens is 404 g/mol. The van der Waals surface area contributed by atoms with Crippen LogP contribution in [0.3, 0.4) is 0 Å². The Morgan fingerprint density at radius 1 is 1.23 bits per heavy atom. The molecule has 0 radical (unpaired) electrons. The molecule has 162 valence electrons. The van der Waals surface area contributed by atoms with Gasteiger partial charge in [-0.2, -0.15) is 0 Å². The van der Waals surface area contributed by atoms with E-state index in [1.807, 2.05) is 0 Å². The van der Waals surface area contributed by atoms with Gasteiger partial charge in [-0.15, -0.1) is 0 Å². The number of fused-ring (bicyclic) bond motifs is 1. The van der Waals surface area contributed by atoms with Crippen LogP contribution >= 0.6 is 0 Å². The van der Waals surface area contributed by atoms with E-state index in [9.17, 15) is 13.6 Å². The summed E-state index contributed by atoms with van der Waals surface area (Å²) in [4.78, 5) is 22.5. The second kappa shape index (κ2) is 9.48. The Kier molecular flexibility index (Phi) is 6.76. The van der Waals surface area contributed by atoms with Crippen LogP contribution < -0.4 is 15.4 Å². The lowest BCUT2D eigenvalue weighted by Crippen LogP contribution is -2.16. The highest BCUT2D eigenvalue weighted by Crippen LogP contribution is 2.33. The van der Waals surface area contributed by atoms with E-state index in [0.29, 0.717) is 33.7 Å². The minimum Gasteiger partial charge on any atom is -0.494 e. The summed E-state index contributed by atoms with van der Waals surface area (Å²) >= 11 is 0. The number of rotatable bonds is 7. The van der Waals surface area contributed by atoms with E-state index in [0.717, 1.165) is 0 Å². The third-order valence-corrected chi connectivity index (χ3v) is 4.48. The Balaban J connectivity index is 1.97. The van der Waals surface area contributed by atoms with Gasteiger partial charge in [0.25, 0.3) is 5.91 Å². The molecule has 0 spiro atoms. The summed E-state index contributed by atoms with van der Waals surface area (Å²) < 4.78 is 33.0. The minimum absolute atomic E-state index is 0.265. The van der Waals surface area contributed by atoms with E-state index in [2.05, 4.69) is 20.6 Å². The number of carbonyl (C=O) groups is 1. The van der Waals surface area contributed by atoms with Gasteiger partial charge in [-0.25, -0.2) is 18.7 Å². The summed E-state index contributed by atoms with van der Waals surface area (Å²) in [7, 11) is 4.98. The molecule has 31 heavy (non-hydrogen) atoms. The average molecular weight is 427 g/mol. The first-order chi connectivity index (χ1) is 14.8. The molecule has 0 fully saturated rings. The van der Waals surface area contributed by atoms with E-state index in [4.69, 9.17) is 4.74 Å². The standard InChI is InChI=1S/C22H23F2N5O2/c1-13-9-14(5-6-16(13)23)27-21-15-10-19(20(31-4)11-18(15)25-12-26-21)28-22(30)17(24)7-8-29(2)3/h5-7,9-12H,8H2,1-4H3,(H,28,30)(H,25,26,27)/b17-7+. The molecular formula is C22H23F2N5O2. The van der Waals surface area contributed by atoms with Gasteiger partial charge in [0, 0.05) is 23.7 Å². The molecule has 1 heterocycles. The van der Waals surface area contributed by atoms with E-state index >= 15 is 0 Å². The zero-order valence-corrected chi connectivity index (χ0v) is 17.7. The molecule has 3 aromatic rings. The number of nitrogens with zero attached hydrogens (tertiary/aromatic N) is 3. The third kappa shape index (κ3) is 5.32. The van der Waals surface area contributed by atoms with Crippen molar-refractivity contribution in [3.05, 3.63) is 59.9 Å². The molecule has 0 saturated carbocycles. The summed E-state index contributed by atoms with van der Waals surface area (Å²) in [5, 5.41) is 6.22. The lowest BCUT2D eigenvalue weighted by atomic mass is 10.1. The number of aromatic nitrogens is 2. The number of likely N-dealkylation sites (N-methyl/N-ethyl adjacent to an activating group) is 1. The number of hydrogen-bond donors (Lipinski definition) is 2. The summed E-state index contributed by atoms with van der Waals surface area (Å²) in [5.41, 5.74) is 1.94. The number of nitrogens with one attached hydrogen (secondary N) is 2. The molecule has 3 rings (SSSR count). The van der Waals surface area contributed by atoms with Crippen molar-refractivity contribution in [1.82, 2.24) is 14.9 Å². The number of carbonyl (C=O) groups excluding carboxylic acids is 1. The number of benzene rings is 2. The van der Waals surface area contributed by atoms with Gasteiger partial charge in [0.2, 0.25) is 0 Å². The number of methoxy groups -OCH3 is 1. The Hall–Kier alpha value is -3.59. The number of amides is 1. The summed E-state index contributed by atoms with van der Waals surface area (Å²) in [6.45, 7) is 1.95. The van der Waals surface area contributed by atoms with E-state index in [1.165, 1.54) is 25.6 Å². The Morgan fingerprint density at radius 3 is 2.68 bits per heavy atom. The highest BCUT2D eigenvalue weighted by atomic mass is 19.1.